The minimum absolute atomic E-state index is 0.329. The van der Waals surface area contributed by atoms with E-state index in [1.165, 1.54) is 0 Å². The Morgan fingerprint density at radius 3 is 1.14 bits per heavy atom. The summed E-state index contributed by atoms with van der Waals surface area (Å²) in [5, 5.41) is 1.10. The van der Waals surface area contributed by atoms with Crippen LogP contribution in [-0.4, -0.2) is 15.5 Å². The lowest BCUT2D eigenvalue weighted by Crippen LogP contribution is -2.26. The van der Waals surface area contributed by atoms with Gasteiger partial charge < -0.3 is 0 Å². The van der Waals surface area contributed by atoms with Crippen molar-refractivity contribution in [3.05, 3.63) is 35.9 Å². The largest absolute Gasteiger partial charge is 0.0967 e. The fourth-order valence-electron chi connectivity index (χ4n) is 2.69. The molecule has 0 aliphatic heterocycles. The van der Waals surface area contributed by atoms with Gasteiger partial charge in [0.1, 0.15) is 0 Å². The van der Waals surface area contributed by atoms with Crippen molar-refractivity contribution >= 4 is 25.7 Å². The van der Waals surface area contributed by atoms with Gasteiger partial charge in [-0.15, -0.1) is 0 Å². The van der Waals surface area contributed by atoms with Crippen molar-refractivity contribution in [1.29, 1.82) is 0 Å². The van der Waals surface area contributed by atoms with Gasteiger partial charge in [0, 0.05) is 4.64 Å². The van der Waals surface area contributed by atoms with Crippen LogP contribution in [0.4, 0.5) is 0 Å². The predicted octanol–water partition coefficient (Wildman–Crippen LogP) is 7.23. The molecule has 22 heavy (non-hydrogen) atoms. The molecule has 1 aromatic carbocycles. The van der Waals surface area contributed by atoms with Gasteiger partial charge in [-0.25, -0.2) is 0 Å². The van der Waals surface area contributed by atoms with Gasteiger partial charge in [-0.2, -0.15) is 0 Å². The summed E-state index contributed by atoms with van der Waals surface area (Å²) in [6.07, 6.45) is 0. The van der Waals surface area contributed by atoms with Crippen molar-refractivity contribution in [3.63, 3.8) is 0 Å². The molecule has 0 saturated carbocycles. The fraction of sp³-hybridized carbons (Fsp3) is 0.684. The molecule has 126 valence electrons. The SMILES string of the molecule is CC(C)(C)PC(PC(C)(C)C)(PC(C)(C)C)c1ccccc1. The smallest absolute Gasteiger partial charge is 0.0473 e. The summed E-state index contributed by atoms with van der Waals surface area (Å²) < 4.78 is 0.329. The lowest BCUT2D eigenvalue weighted by molar-refractivity contribution is 0.760. The standard InChI is InChI=1S/C19H35P3/c1-16(2,3)20-19(21-17(4,5)6,22-18(7,8)9)15-13-11-10-12-14-15/h10-14,20-22H,1-9H3. The van der Waals surface area contributed by atoms with E-state index in [9.17, 15) is 0 Å². The summed E-state index contributed by atoms with van der Waals surface area (Å²) in [7, 11) is 2.86. The van der Waals surface area contributed by atoms with E-state index in [0.29, 0.717) is 20.1 Å². The average Bonchev–Trinajstić information content (AvgIpc) is 2.22. The maximum atomic E-state index is 2.41. The van der Waals surface area contributed by atoms with Crippen molar-refractivity contribution in [2.75, 3.05) is 0 Å². The van der Waals surface area contributed by atoms with Crippen LogP contribution in [0, 0.1) is 0 Å². The highest BCUT2D eigenvalue weighted by atomic mass is 31.2. The molecule has 0 aliphatic rings. The van der Waals surface area contributed by atoms with Gasteiger partial charge in [0.15, 0.2) is 0 Å². The number of hydrogen-bond donors (Lipinski definition) is 0. The molecular weight excluding hydrogens is 321 g/mol. The Kier molecular flexibility index (Phi) is 6.70. The van der Waals surface area contributed by atoms with Crippen LogP contribution in [0.2, 0.25) is 0 Å². The Balaban J connectivity index is 3.41. The van der Waals surface area contributed by atoms with E-state index in [2.05, 4.69) is 92.6 Å². The van der Waals surface area contributed by atoms with Crippen LogP contribution in [0.5, 0.6) is 0 Å². The summed E-state index contributed by atoms with van der Waals surface area (Å²) >= 11 is 0. The highest BCUT2D eigenvalue weighted by Crippen LogP contribution is 2.73. The van der Waals surface area contributed by atoms with E-state index in [-0.39, 0.29) is 0 Å². The molecule has 0 nitrogen and oxygen atoms in total. The third kappa shape index (κ3) is 7.39. The number of hydrogen-bond acceptors (Lipinski definition) is 0. The molecule has 0 N–H and O–H groups in total. The molecule has 0 bridgehead atoms. The van der Waals surface area contributed by atoms with Crippen molar-refractivity contribution in [3.8, 4) is 0 Å². The maximum Gasteiger partial charge on any atom is 0.0473 e. The first-order chi connectivity index (χ1) is 9.73. The summed E-state index contributed by atoms with van der Waals surface area (Å²) in [5.41, 5.74) is 1.56. The van der Waals surface area contributed by atoms with Crippen molar-refractivity contribution in [2.45, 2.75) is 82.4 Å². The molecule has 0 heterocycles. The topological polar surface area (TPSA) is 0 Å². The van der Waals surface area contributed by atoms with Crippen LogP contribution < -0.4 is 0 Å². The Morgan fingerprint density at radius 1 is 0.545 bits per heavy atom. The third-order valence-electron chi connectivity index (χ3n) is 2.89. The second-order valence-electron chi connectivity index (χ2n) is 9.24. The molecule has 0 radical (unpaired) electrons. The molecule has 0 aliphatic carbocycles. The second kappa shape index (κ2) is 7.18. The van der Waals surface area contributed by atoms with E-state index >= 15 is 0 Å². The van der Waals surface area contributed by atoms with Crippen LogP contribution in [0.15, 0.2) is 30.3 Å². The minimum Gasteiger partial charge on any atom is -0.0967 e. The quantitative estimate of drug-likeness (QED) is 0.499. The highest BCUT2D eigenvalue weighted by molar-refractivity contribution is 7.76. The Hall–Kier alpha value is 0.510. The van der Waals surface area contributed by atoms with Crippen LogP contribution in [0.25, 0.3) is 0 Å². The number of rotatable bonds is 4. The van der Waals surface area contributed by atoms with Crippen molar-refractivity contribution in [1.82, 2.24) is 0 Å². The summed E-state index contributed by atoms with van der Waals surface area (Å²) in [6, 6.07) is 11.3. The maximum absolute atomic E-state index is 2.41. The van der Waals surface area contributed by atoms with Gasteiger partial charge >= 0.3 is 0 Å². The van der Waals surface area contributed by atoms with E-state index in [1.807, 2.05) is 0 Å². The lowest BCUT2D eigenvalue weighted by Gasteiger charge is -2.46. The molecular formula is C19H35P3. The first-order valence-electron chi connectivity index (χ1n) is 8.16. The van der Waals surface area contributed by atoms with Crippen molar-refractivity contribution in [2.24, 2.45) is 0 Å². The predicted molar refractivity (Wildman–Crippen MR) is 112 cm³/mol. The average molecular weight is 356 g/mol. The minimum atomic E-state index is 0.329. The Labute approximate surface area is 144 Å². The zero-order valence-corrected chi connectivity index (χ0v) is 18.9. The molecule has 1 rings (SSSR count). The molecule has 0 amide bonds. The molecule has 0 spiro atoms. The molecule has 3 heteroatoms. The summed E-state index contributed by atoms with van der Waals surface area (Å²) in [4.78, 5) is 0. The van der Waals surface area contributed by atoms with Crippen LogP contribution in [0.1, 0.15) is 67.9 Å². The Morgan fingerprint density at radius 2 is 0.864 bits per heavy atom. The van der Waals surface area contributed by atoms with Crippen molar-refractivity contribution < 1.29 is 0 Å². The van der Waals surface area contributed by atoms with E-state index in [1.54, 1.807) is 5.56 Å². The van der Waals surface area contributed by atoms with Gasteiger partial charge in [-0.3, -0.25) is 0 Å². The van der Waals surface area contributed by atoms with Gasteiger partial charge in [0.05, 0.1) is 0 Å². The van der Waals surface area contributed by atoms with E-state index in [0.717, 1.165) is 25.7 Å². The zero-order chi connectivity index (χ0) is 17.2. The van der Waals surface area contributed by atoms with E-state index < -0.39 is 0 Å². The van der Waals surface area contributed by atoms with Gasteiger partial charge in [0.2, 0.25) is 0 Å². The molecule has 0 saturated heterocycles. The number of benzene rings is 1. The first kappa shape index (κ1) is 20.6. The molecule has 3 atom stereocenters. The second-order valence-corrected chi connectivity index (χ2v) is 18.2. The fourth-order valence-corrected chi connectivity index (χ4v) is 14.5. The normalized spacial score (nSPS) is 18.0. The van der Waals surface area contributed by atoms with Gasteiger partial charge in [-0.05, 0) is 21.0 Å². The first-order valence-corrected chi connectivity index (χ1v) is 11.2. The monoisotopic (exact) mass is 356 g/mol. The lowest BCUT2D eigenvalue weighted by atomic mass is 10.2. The van der Waals surface area contributed by atoms with Crippen LogP contribution in [0.3, 0.4) is 0 Å². The van der Waals surface area contributed by atoms with Gasteiger partial charge in [0.25, 0.3) is 0 Å². The molecule has 0 aromatic heterocycles. The molecule has 0 fully saturated rings. The van der Waals surface area contributed by atoms with E-state index in [4.69, 9.17) is 0 Å². The van der Waals surface area contributed by atoms with Crippen LogP contribution >= 0.6 is 25.7 Å². The zero-order valence-electron chi connectivity index (χ0n) is 15.9. The Bertz CT molecular complexity index is 417. The molecule has 3 unspecified atom stereocenters. The summed E-state index contributed by atoms with van der Waals surface area (Å²) in [6.45, 7) is 21.7. The van der Waals surface area contributed by atoms with Crippen LogP contribution in [-0.2, 0) is 4.64 Å². The molecule has 1 aromatic rings. The highest BCUT2D eigenvalue weighted by Gasteiger charge is 2.41. The van der Waals surface area contributed by atoms with Gasteiger partial charge in [-0.1, -0.05) is 118 Å². The third-order valence-corrected chi connectivity index (χ3v) is 9.39. The summed E-state index contributed by atoms with van der Waals surface area (Å²) in [5.74, 6) is 0.